The van der Waals surface area contributed by atoms with Crippen molar-refractivity contribution in [2.24, 2.45) is 0 Å². The Morgan fingerprint density at radius 3 is 3.00 bits per heavy atom. The summed E-state index contributed by atoms with van der Waals surface area (Å²) in [6, 6.07) is 2.62. The first kappa shape index (κ1) is 14.7. The van der Waals surface area contributed by atoms with E-state index in [1.807, 2.05) is 0 Å². The molecule has 110 valence electrons. The number of nitrogens with one attached hydrogen (secondary N) is 2. The summed E-state index contributed by atoms with van der Waals surface area (Å²) < 4.78 is 28.3. The van der Waals surface area contributed by atoms with E-state index in [9.17, 15) is 13.2 Å². The average Bonchev–Trinajstić information content (AvgIpc) is 2.90. The van der Waals surface area contributed by atoms with Gasteiger partial charge in [0.25, 0.3) is 0 Å². The molecule has 1 aromatic rings. The van der Waals surface area contributed by atoms with Crippen LogP contribution in [0.5, 0.6) is 0 Å². The molecular weight excluding hydrogens is 280 g/mol. The van der Waals surface area contributed by atoms with Gasteiger partial charge in [-0.05, 0) is 31.9 Å². The van der Waals surface area contributed by atoms with Crippen LogP contribution in [0, 0.1) is 0 Å². The lowest BCUT2D eigenvalue weighted by Crippen LogP contribution is -2.47. The topological polar surface area (TPSA) is 91.4 Å². The lowest BCUT2D eigenvalue weighted by atomic mass is 10.2. The van der Waals surface area contributed by atoms with Gasteiger partial charge in [0.2, 0.25) is 5.91 Å². The van der Waals surface area contributed by atoms with E-state index < -0.39 is 16.3 Å². The Kier molecular flexibility index (Phi) is 4.56. The van der Waals surface area contributed by atoms with Crippen LogP contribution in [0.4, 0.5) is 5.69 Å². The van der Waals surface area contributed by atoms with Gasteiger partial charge in [0.05, 0.1) is 11.9 Å². The lowest BCUT2D eigenvalue weighted by molar-refractivity contribution is -0.124. The van der Waals surface area contributed by atoms with Crippen LogP contribution in [0.1, 0.15) is 19.8 Å². The first-order valence-electron chi connectivity index (χ1n) is 6.52. The lowest BCUT2D eigenvalue weighted by Gasteiger charge is -2.23. The van der Waals surface area contributed by atoms with Crippen LogP contribution in [-0.2, 0) is 15.0 Å². The minimum absolute atomic E-state index is 0.249. The zero-order chi connectivity index (χ0) is 14.6. The molecule has 0 aliphatic carbocycles. The van der Waals surface area contributed by atoms with Crippen LogP contribution in [0.2, 0.25) is 0 Å². The minimum Gasteiger partial charge on any atom is -0.355 e. The fraction of sp³-hybridized carbons (Fsp3) is 0.500. The van der Waals surface area contributed by atoms with Crippen molar-refractivity contribution in [1.29, 1.82) is 0 Å². The Labute approximate surface area is 118 Å². The van der Waals surface area contributed by atoms with Gasteiger partial charge in [-0.15, -0.1) is 0 Å². The molecule has 2 N–H and O–H groups in total. The van der Waals surface area contributed by atoms with Crippen molar-refractivity contribution in [3.63, 3.8) is 0 Å². The molecule has 1 amide bonds. The molecule has 8 heteroatoms. The summed E-state index contributed by atoms with van der Waals surface area (Å²) in [5.41, 5.74) is 0.383. The summed E-state index contributed by atoms with van der Waals surface area (Å²) >= 11 is 0. The molecule has 1 atom stereocenters. The molecule has 0 unspecified atom stereocenters. The molecule has 0 aromatic carbocycles. The molecule has 1 aliphatic rings. The minimum atomic E-state index is -3.74. The third kappa shape index (κ3) is 3.26. The van der Waals surface area contributed by atoms with Crippen LogP contribution in [0.25, 0.3) is 0 Å². The van der Waals surface area contributed by atoms with Gasteiger partial charge in [-0.2, -0.15) is 12.7 Å². The second kappa shape index (κ2) is 6.19. The van der Waals surface area contributed by atoms with E-state index in [1.165, 1.54) is 10.5 Å². The number of pyridine rings is 1. The van der Waals surface area contributed by atoms with Gasteiger partial charge in [0, 0.05) is 19.3 Å². The maximum Gasteiger partial charge on any atom is 0.302 e. The van der Waals surface area contributed by atoms with E-state index in [1.54, 1.807) is 25.3 Å². The number of anilines is 1. The summed E-state index contributed by atoms with van der Waals surface area (Å²) in [6.45, 7) is 2.64. The number of hydrogen-bond acceptors (Lipinski definition) is 4. The number of hydrogen-bond donors (Lipinski definition) is 2. The Morgan fingerprint density at radius 1 is 1.55 bits per heavy atom. The van der Waals surface area contributed by atoms with Crippen LogP contribution in [0.3, 0.4) is 0 Å². The van der Waals surface area contributed by atoms with E-state index in [0.29, 0.717) is 31.6 Å². The molecule has 1 aromatic heterocycles. The van der Waals surface area contributed by atoms with Crippen LogP contribution >= 0.6 is 0 Å². The van der Waals surface area contributed by atoms with Gasteiger partial charge in [0.15, 0.2) is 0 Å². The van der Waals surface area contributed by atoms with Crippen LogP contribution in [-0.4, -0.2) is 42.7 Å². The Morgan fingerprint density at radius 2 is 2.35 bits per heavy atom. The Balaban J connectivity index is 2.14. The van der Waals surface area contributed by atoms with E-state index in [4.69, 9.17) is 0 Å². The first-order chi connectivity index (χ1) is 9.54. The summed E-state index contributed by atoms with van der Waals surface area (Å²) in [5.74, 6) is -0.249. The summed E-state index contributed by atoms with van der Waals surface area (Å²) in [7, 11) is -3.74. The maximum absolute atomic E-state index is 12.3. The molecule has 2 heterocycles. The average molecular weight is 298 g/mol. The number of aromatic nitrogens is 1. The molecule has 7 nitrogen and oxygen atoms in total. The van der Waals surface area contributed by atoms with Gasteiger partial charge >= 0.3 is 10.2 Å². The molecule has 0 bridgehead atoms. The second-order valence-electron chi connectivity index (χ2n) is 4.51. The molecule has 0 saturated carbocycles. The van der Waals surface area contributed by atoms with Crippen molar-refractivity contribution < 1.29 is 13.2 Å². The molecule has 20 heavy (non-hydrogen) atoms. The molecule has 2 rings (SSSR count). The van der Waals surface area contributed by atoms with E-state index in [2.05, 4.69) is 15.0 Å². The monoisotopic (exact) mass is 298 g/mol. The van der Waals surface area contributed by atoms with E-state index in [-0.39, 0.29) is 5.91 Å². The van der Waals surface area contributed by atoms with Crippen molar-refractivity contribution in [1.82, 2.24) is 14.6 Å². The standard InChI is InChI=1S/C12H18N4O3S/c1-2-14-12(17)11-6-4-8-16(11)20(18,19)15-10-5-3-7-13-9-10/h3,5,7,9,11,15H,2,4,6,8H2,1H3,(H,14,17)/t11-/m0/s1. The van der Waals surface area contributed by atoms with Gasteiger partial charge in [0.1, 0.15) is 6.04 Å². The van der Waals surface area contributed by atoms with Gasteiger partial charge in [-0.1, -0.05) is 0 Å². The predicted octanol–water partition coefficient (Wildman–Crippen LogP) is 0.339. The normalized spacial score (nSPS) is 19.8. The number of likely N-dealkylation sites (N-methyl/N-ethyl adjacent to an activating group) is 1. The molecule has 1 saturated heterocycles. The van der Waals surface area contributed by atoms with Gasteiger partial charge in [-0.25, -0.2) is 0 Å². The third-order valence-corrected chi connectivity index (χ3v) is 4.62. The van der Waals surface area contributed by atoms with E-state index in [0.717, 1.165) is 0 Å². The first-order valence-corrected chi connectivity index (χ1v) is 7.96. The highest BCUT2D eigenvalue weighted by molar-refractivity contribution is 7.90. The Bertz CT molecular complexity index is 561. The Hall–Kier alpha value is -1.67. The molecule has 0 radical (unpaired) electrons. The zero-order valence-electron chi connectivity index (χ0n) is 11.2. The van der Waals surface area contributed by atoms with Crippen molar-refractivity contribution in [2.75, 3.05) is 17.8 Å². The summed E-state index contributed by atoms with van der Waals surface area (Å²) in [4.78, 5) is 15.8. The van der Waals surface area contributed by atoms with Crippen molar-refractivity contribution >= 4 is 21.8 Å². The smallest absolute Gasteiger partial charge is 0.302 e. The highest BCUT2D eigenvalue weighted by Crippen LogP contribution is 2.22. The molecule has 1 fully saturated rings. The van der Waals surface area contributed by atoms with Crippen molar-refractivity contribution in [3.8, 4) is 0 Å². The molecular formula is C12H18N4O3S. The fourth-order valence-electron chi connectivity index (χ4n) is 2.21. The summed E-state index contributed by atoms with van der Waals surface area (Å²) in [5, 5.41) is 2.67. The largest absolute Gasteiger partial charge is 0.355 e. The second-order valence-corrected chi connectivity index (χ2v) is 6.14. The highest BCUT2D eigenvalue weighted by Gasteiger charge is 2.38. The maximum atomic E-state index is 12.3. The van der Waals surface area contributed by atoms with Gasteiger partial charge < -0.3 is 5.32 Å². The number of nitrogens with zero attached hydrogens (tertiary/aromatic N) is 2. The van der Waals surface area contributed by atoms with Crippen LogP contribution < -0.4 is 10.0 Å². The SMILES string of the molecule is CCNC(=O)[C@@H]1CCCN1S(=O)(=O)Nc1cccnc1. The summed E-state index contributed by atoms with van der Waals surface area (Å²) in [6.07, 6.45) is 4.20. The third-order valence-electron chi connectivity index (χ3n) is 3.07. The molecule has 1 aliphatic heterocycles. The van der Waals surface area contributed by atoms with Crippen LogP contribution in [0.15, 0.2) is 24.5 Å². The van der Waals surface area contributed by atoms with Crippen molar-refractivity contribution in [3.05, 3.63) is 24.5 Å². The molecule has 0 spiro atoms. The fourth-order valence-corrected chi connectivity index (χ4v) is 3.65. The van der Waals surface area contributed by atoms with Crippen molar-refractivity contribution in [2.45, 2.75) is 25.8 Å². The highest BCUT2D eigenvalue weighted by atomic mass is 32.2. The number of carbonyl (C=O) groups excluding carboxylic acids is 1. The number of amides is 1. The number of rotatable bonds is 5. The quantitative estimate of drug-likeness (QED) is 0.820. The number of carbonyl (C=O) groups is 1. The van der Waals surface area contributed by atoms with Gasteiger partial charge in [-0.3, -0.25) is 14.5 Å². The van der Waals surface area contributed by atoms with E-state index >= 15 is 0 Å². The predicted molar refractivity (Wildman–Crippen MR) is 75.2 cm³/mol. The zero-order valence-corrected chi connectivity index (χ0v) is 12.1.